The van der Waals surface area contributed by atoms with Crippen LogP contribution in [0.4, 0.5) is 15.8 Å². The first-order valence-corrected chi connectivity index (χ1v) is 9.58. The second-order valence-corrected chi connectivity index (χ2v) is 8.18. The molecule has 2 heterocycles. The van der Waals surface area contributed by atoms with Crippen molar-refractivity contribution in [1.82, 2.24) is 0 Å². The fourth-order valence-electron chi connectivity index (χ4n) is 4.70. The van der Waals surface area contributed by atoms with Crippen LogP contribution in [-0.2, 0) is 6.61 Å². The van der Waals surface area contributed by atoms with Gasteiger partial charge in [0.1, 0.15) is 18.2 Å². The maximum absolute atomic E-state index is 14.0. The number of anilines is 2. The summed E-state index contributed by atoms with van der Waals surface area (Å²) in [5.74, 6) is 0.688. The van der Waals surface area contributed by atoms with E-state index in [9.17, 15) is 4.39 Å². The summed E-state index contributed by atoms with van der Waals surface area (Å²) in [4.78, 5) is 2.24. The van der Waals surface area contributed by atoms with E-state index in [4.69, 9.17) is 4.74 Å². The van der Waals surface area contributed by atoms with E-state index in [-0.39, 0.29) is 11.4 Å². The first-order valence-electron chi connectivity index (χ1n) is 9.58. The van der Waals surface area contributed by atoms with Crippen LogP contribution in [0.1, 0.15) is 31.4 Å². The quantitative estimate of drug-likeness (QED) is 0.471. The molecule has 0 atom stereocenters. The average molecular weight is 371 g/mol. The van der Waals surface area contributed by atoms with Crippen molar-refractivity contribution in [2.75, 3.05) is 4.90 Å². The van der Waals surface area contributed by atoms with Crippen molar-refractivity contribution in [3.8, 4) is 16.9 Å². The summed E-state index contributed by atoms with van der Waals surface area (Å²) in [6.45, 7) is 9.28. The lowest BCUT2D eigenvalue weighted by Gasteiger charge is -2.47. The van der Waals surface area contributed by atoms with E-state index in [2.05, 4.69) is 43.5 Å². The number of para-hydroxylation sites is 1. The monoisotopic (exact) mass is 371 g/mol. The molecular weight excluding hydrogens is 349 g/mol. The molecule has 0 bridgehead atoms. The summed E-state index contributed by atoms with van der Waals surface area (Å²) in [5.41, 5.74) is 7.42. The third-order valence-corrected chi connectivity index (χ3v) is 5.75. The molecule has 2 aliphatic heterocycles. The van der Waals surface area contributed by atoms with Gasteiger partial charge in [-0.25, -0.2) is 4.39 Å². The van der Waals surface area contributed by atoms with Gasteiger partial charge in [0.2, 0.25) is 0 Å². The molecule has 0 saturated carbocycles. The van der Waals surface area contributed by atoms with E-state index in [1.807, 2.05) is 24.3 Å². The maximum Gasteiger partial charge on any atom is 0.127 e. The van der Waals surface area contributed by atoms with E-state index in [0.29, 0.717) is 6.61 Å². The molecule has 0 amide bonds. The molecule has 0 aliphatic carbocycles. The van der Waals surface area contributed by atoms with Crippen LogP contribution in [0.15, 0.2) is 67.2 Å². The Bertz CT molecular complexity index is 1120. The van der Waals surface area contributed by atoms with Gasteiger partial charge in [-0.3, -0.25) is 0 Å². The first-order chi connectivity index (χ1) is 13.5. The zero-order valence-corrected chi connectivity index (χ0v) is 16.1. The summed E-state index contributed by atoms with van der Waals surface area (Å²) in [5, 5.41) is 0. The van der Waals surface area contributed by atoms with Gasteiger partial charge in [-0.15, -0.1) is 0 Å². The van der Waals surface area contributed by atoms with Crippen LogP contribution in [0, 0.1) is 5.82 Å². The highest BCUT2D eigenvalue weighted by atomic mass is 19.1. The summed E-state index contributed by atoms with van der Waals surface area (Å²) in [7, 11) is 0. The van der Waals surface area contributed by atoms with Crippen LogP contribution in [0.25, 0.3) is 16.7 Å². The number of hydrogen-bond donors (Lipinski definition) is 0. The fraction of sp³-hybridized carbons (Fsp3) is 0.200. The molecule has 0 spiro atoms. The molecule has 140 valence electrons. The second-order valence-electron chi connectivity index (χ2n) is 8.18. The average Bonchev–Trinajstić information content (AvgIpc) is 2.66. The summed E-state index contributed by atoms with van der Waals surface area (Å²) in [6.07, 6.45) is 0.800. The van der Waals surface area contributed by atoms with Crippen LogP contribution < -0.4 is 9.64 Å². The predicted molar refractivity (Wildman–Crippen MR) is 112 cm³/mol. The van der Waals surface area contributed by atoms with Crippen LogP contribution in [0.3, 0.4) is 0 Å². The van der Waals surface area contributed by atoms with Gasteiger partial charge in [0.15, 0.2) is 0 Å². The van der Waals surface area contributed by atoms with Crippen LogP contribution in [-0.4, -0.2) is 5.54 Å². The van der Waals surface area contributed by atoms with Gasteiger partial charge < -0.3 is 9.64 Å². The lowest BCUT2D eigenvalue weighted by molar-refractivity contribution is 0.301. The van der Waals surface area contributed by atoms with Crippen LogP contribution in [0.5, 0.6) is 5.75 Å². The van der Waals surface area contributed by atoms with Gasteiger partial charge in [-0.05, 0) is 61.7 Å². The second kappa shape index (κ2) is 5.96. The minimum atomic E-state index is -0.227. The number of benzene rings is 3. The van der Waals surface area contributed by atoms with Crippen molar-refractivity contribution in [1.29, 1.82) is 0 Å². The smallest absolute Gasteiger partial charge is 0.127 e. The molecule has 0 saturated heterocycles. The molecule has 3 aromatic carbocycles. The number of fused-ring (bicyclic) bond motifs is 5. The first kappa shape index (κ1) is 17.1. The SMILES string of the molecule is C=C1CC(C)(C)N(c2cccc(F)c2)c2ccc3c(c21)COc1ccccc1-3. The van der Waals surface area contributed by atoms with Gasteiger partial charge >= 0.3 is 0 Å². The molecule has 5 rings (SSSR count). The Hall–Kier alpha value is -3.07. The Morgan fingerprint density at radius 1 is 1.00 bits per heavy atom. The van der Waals surface area contributed by atoms with Gasteiger partial charge in [0, 0.05) is 33.6 Å². The van der Waals surface area contributed by atoms with Gasteiger partial charge in [0.25, 0.3) is 0 Å². The zero-order valence-electron chi connectivity index (χ0n) is 16.1. The highest BCUT2D eigenvalue weighted by Crippen LogP contribution is 2.51. The van der Waals surface area contributed by atoms with E-state index >= 15 is 0 Å². The highest BCUT2D eigenvalue weighted by Gasteiger charge is 2.38. The van der Waals surface area contributed by atoms with Crippen molar-refractivity contribution >= 4 is 16.9 Å². The fourth-order valence-corrected chi connectivity index (χ4v) is 4.70. The normalized spacial score (nSPS) is 16.7. The van der Waals surface area contributed by atoms with Gasteiger partial charge in [-0.2, -0.15) is 0 Å². The highest BCUT2D eigenvalue weighted by molar-refractivity contribution is 5.91. The third kappa shape index (κ3) is 2.46. The van der Waals surface area contributed by atoms with Crippen LogP contribution >= 0.6 is 0 Å². The topological polar surface area (TPSA) is 12.5 Å². The Morgan fingerprint density at radius 3 is 2.64 bits per heavy atom. The molecule has 0 aromatic heterocycles. The van der Waals surface area contributed by atoms with Crippen molar-refractivity contribution in [2.45, 2.75) is 32.4 Å². The Labute approximate surface area is 164 Å². The molecular formula is C25H22FNO. The minimum absolute atomic E-state index is 0.209. The molecule has 2 aliphatic rings. The molecule has 2 nitrogen and oxygen atoms in total. The minimum Gasteiger partial charge on any atom is -0.488 e. The van der Waals surface area contributed by atoms with Crippen molar-refractivity contribution in [3.05, 3.63) is 84.2 Å². The number of hydrogen-bond acceptors (Lipinski definition) is 2. The van der Waals surface area contributed by atoms with E-state index in [1.54, 1.807) is 12.1 Å². The third-order valence-electron chi connectivity index (χ3n) is 5.75. The largest absolute Gasteiger partial charge is 0.488 e. The van der Waals surface area contributed by atoms with E-state index in [0.717, 1.165) is 45.8 Å². The van der Waals surface area contributed by atoms with Crippen LogP contribution in [0.2, 0.25) is 0 Å². The zero-order chi connectivity index (χ0) is 19.5. The summed E-state index contributed by atoms with van der Waals surface area (Å²) >= 11 is 0. The van der Waals surface area contributed by atoms with E-state index in [1.165, 1.54) is 11.6 Å². The summed E-state index contributed by atoms with van der Waals surface area (Å²) in [6, 6.07) is 19.3. The predicted octanol–water partition coefficient (Wildman–Crippen LogP) is 6.72. The molecule has 3 heteroatoms. The summed E-state index contributed by atoms with van der Waals surface area (Å²) < 4.78 is 20.1. The molecule has 0 N–H and O–H groups in total. The van der Waals surface area contributed by atoms with Crippen molar-refractivity contribution < 1.29 is 9.13 Å². The number of ether oxygens (including phenoxy) is 1. The lowest BCUT2D eigenvalue weighted by Crippen LogP contribution is -2.44. The molecule has 0 fully saturated rings. The van der Waals surface area contributed by atoms with Gasteiger partial charge in [-0.1, -0.05) is 36.9 Å². The number of nitrogens with zero attached hydrogens (tertiary/aromatic N) is 1. The molecule has 3 aromatic rings. The lowest BCUT2D eigenvalue weighted by atomic mass is 9.79. The van der Waals surface area contributed by atoms with Gasteiger partial charge in [0.05, 0.1) is 0 Å². The van der Waals surface area contributed by atoms with Crippen molar-refractivity contribution in [2.24, 2.45) is 0 Å². The Morgan fingerprint density at radius 2 is 1.82 bits per heavy atom. The number of halogens is 1. The Kier molecular flexibility index (Phi) is 3.63. The van der Waals surface area contributed by atoms with E-state index < -0.39 is 0 Å². The molecule has 0 radical (unpaired) electrons. The number of rotatable bonds is 1. The molecule has 28 heavy (non-hydrogen) atoms. The molecule has 0 unspecified atom stereocenters. The standard InChI is InChI=1S/C25H22FNO/c1-16-14-25(2,3)27(18-8-6-7-17(26)13-18)22-12-11-19-20-9-4-5-10-23(20)28-15-21(19)24(16)22/h4-13H,1,14-15H2,2-3H3. The van der Waals surface area contributed by atoms with Crippen molar-refractivity contribution in [3.63, 3.8) is 0 Å². The maximum atomic E-state index is 14.0. The Balaban J connectivity index is 1.76.